The fraction of sp³-hybridized carbons (Fsp3) is 0.214. The largest absolute Gasteiger partial charge is 0.462 e. The predicted octanol–water partition coefficient (Wildman–Crippen LogP) is 3.54. The number of carbonyl (C=O) groups excluding carboxylic acids is 1. The van der Waals surface area contributed by atoms with Crippen molar-refractivity contribution in [3.8, 4) is 0 Å². The van der Waals surface area contributed by atoms with Gasteiger partial charge in [0.05, 0.1) is 12.2 Å². The lowest BCUT2D eigenvalue weighted by Gasteiger charge is -2.07. The number of rotatable bonds is 5. The van der Waals surface area contributed by atoms with E-state index in [9.17, 15) is 4.79 Å². The average Bonchev–Trinajstić information content (AvgIpc) is 2.90. The van der Waals surface area contributed by atoms with Crippen LogP contribution >= 0.6 is 11.3 Å². The fourth-order valence-corrected chi connectivity index (χ4v) is 2.24. The van der Waals surface area contributed by atoms with Gasteiger partial charge in [0, 0.05) is 12.2 Å². The van der Waals surface area contributed by atoms with Crippen molar-refractivity contribution < 1.29 is 9.53 Å². The Morgan fingerprint density at radius 3 is 3.00 bits per heavy atom. The quantitative estimate of drug-likeness (QED) is 0.837. The molecule has 0 aliphatic carbocycles. The first-order valence-electron chi connectivity index (χ1n) is 5.81. The Balaban J connectivity index is 2.01. The molecule has 0 atom stereocenters. The van der Waals surface area contributed by atoms with Crippen LogP contribution in [0.5, 0.6) is 0 Å². The fourth-order valence-electron chi connectivity index (χ4n) is 1.57. The molecule has 1 N–H and O–H groups in total. The van der Waals surface area contributed by atoms with E-state index < -0.39 is 0 Å². The van der Waals surface area contributed by atoms with Gasteiger partial charge in [0.25, 0.3) is 0 Å². The van der Waals surface area contributed by atoms with Gasteiger partial charge in [-0.15, -0.1) is 0 Å². The third kappa shape index (κ3) is 3.34. The summed E-state index contributed by atoms with van der Waals surface area (Å²) >= 11 is 1.68. The molecule has 1 aromatic carbocycles. The van der Waals surface area contributed by atoms with E-state index in [4.69, 9.17) is 4.74 Å². The molecular formula is C14H15NO2S. The molecule has 94 valence electrons. The zero-order valence-corrected chi connectivity index (χ0v) is 11.0. The molecule has 2 rings (SSSR count). The second-order valence-electron chi connectivity index (χ2n) is 3.79. The van der Waals surface area contributed by atoms with Crippen molar-refractivity contribution in [2.45, 2.75) is 13.5 Å². The number of thiophene rings is 1. The molecule has 0 saturated carbocycles. The van der Waals surface area contributed by atoms with Crippen molar-refractivity contribution in [1.29, 1.82) is 0 Å². The molecule has 0 saturated heterocycles. The Bertz CT molecular complexity index is 508. The van der Waals surface area contributed by atoms with Gasteiger partial charge in [-0.2, -0.15) is 11.3 Å². The third-order valence-corrected chi connectivity index (χ3v) is 3.18. The second kappa shape index (κ2) is 6.21. The van der Waals surface area contributed by atoms with Crippen molar-refractivity contribution in [2.75, 3.05) is 11.9 Å². The average molecular weight is 261 g/mol. The molecular weight excluding hydrogens is 246 g/mol. The number of hydrogen-bond donors (Lipinski definition) is 1. The molecule has 18 heavy (non-hydrogen) atoms. The molecule has 0 aliphatic heterocycles. The van der Waals surface area contributed by atoms with E-state index in [1.54, 1.807) is 24.3 Å². The highest BCUT2D eigenvalue weighted by Crippen LogP contribution is 2.14. The van der Waals surface area contributed by atoms with Gasteiger partial charge in [-0.25, -0.2) is 4.79 Å². The highest BCUT2D eigenvalue weighted by molar-refractivity contribution is 7.07. The van der Waals surface area contributed by atoms with Crippen molar-refractivity contribution in [2.24, 2.45) is 0 Å². The molecule has 0 spiro atoms. The van der Waals surface area contributed by atoms with E-state index in [1.807, 2.05) is 23.6 Å². The Labute approximate surface area is 110 Å². The van der Waals surface area contributed by atoms with E-state index in [0.29, 0.717) is 12.2 Å². The SMILES string of the molecule is CCOC(=O)c1cccc(NCc2ccsc2)c1. The summed E-state index contributed by atoms with van der Waals surface area (Å²) in [6, 6.07) is 9.43. The minimum absolute atomic E-state index is 0.281. The summed E-state index contributed by atoms with van der Waals surface area (Å²) < 4.78 is 4.97. The maximum Gasteiger partial charge on any atom is 0.338 e. The molecule has 0 amide bonds. The number of ether oxygens (including phenoxy) is 1. The number of nitrogens with one attached hydrogen (secondary N) is 1. The molecule has 4 heteroatoms. The summed E-state index contributed by atoms with van der Waals surface area (Å²) in [6.45, 7) is 2.96. The zero-order valence-electron chi connectivity index (χ0n) is 10.2. The summed E-state index contributed by atoms with van der Waals surface area (Å²) in [5, 5.41) is 7.43. The monoisotopic (exact) mass is 261 g/mol. The molecule has 1 aromatic heterocycles. The molecule has 1 heterocycles. The van der Waals surface area contributed by atoms with Crippen LogP contribution in [0.1, 0.15) is 22.8 Å². The maximum absolute atomic E-state index is 11.6. The molecule has 2 aromatic rings. The maximum atomic E-state index is 11.6. The summed E-state index contributed by atoms with van der Waals surface area (Å²) in [5.41, 5.74) is 2.74. The second-order valence-corrected chi connectivity index (χ2v) is 4.57. The molecule has 3 nitrogen and oxygen atoms in total. The predicted molar refractivity (Wildman–Crippen MR) is 74.0 cm³/mol. The van der Waals surface area contributed by atoms with Gasteiger partial charge < -0.3 is 10.1 Å². The van der Waals surface area contributed by atoms with Gasteiger partial charge in [-0.3, -0.25) is 0 Å². The van der Waals surface area contributed by atoms with Gasteiger partial charge in [-0.1, -0.05) is 6.07 Å². The molecule has 0 fully saturated rings. The Morgan fingerprint density at radius 1 is 1.39 bits per heavy atom. The first-order chi connectivity index (χ1) is 8.79. The van der Waals surface area contributed by atoms with Crippen LogP contribution in [0.15, 0.2) is 41.1 Å². The van der Waals surface area contributed by atoms with Crippen molar-refractivity contribution in [1.82, 2.24) is 0 Å². The lowest BCUT2D eigenvalue weighted by atomic mass is 10.2. The van der Waals surface area contributed by atoms with Gasteiger partial charge in [0.1, 0.15) is 0 Å². The van der Waals surface area contributed by atoms with Crippen molar-refractivity contribution >= 4 is 23.0 Å². The zero-order chi connectivity index (χ0) is 12.8. The molecule has 0 aliphatic rings. The molecule has 0 radical (unpaired) electrons. The van der Waals surface area contributed by atoms with Crippen LogP contribution in [0.3, 0.4) is 0 Å². The standard InChI is InChI=1S/C14H15NO2S/c1-2-17-14(16)12-4-3-5-13(8-12)15-9-11-6-7-18-10-11/h3-8,10,15H,2,9H2,1H3. The lowest BCUT2D eigenvalue weighted by molar-refractivity contribution is 0.0526. The van der Waals surface area contributed by atoms with E-state index >= 15 is 0 Å². The summed E-state index contributed by atoms with van der Waals surface area (Å²) in [7, 11) is 0. The van der Waals surface area contributed by atoms with Crippen LogP contribution in [0.25, 0.3) is 0 Å². The van der Waals surface area contributed by atoms with Gasteiger partial charge in [0.2, 0.25) is 0 Å². The highest BCUT2D eigenvalue weighted by atomic mass is 32.1. The normalized spacial score (nSPS) is 10.1. The summed E-state index contributed by atoms with van der Waals surface area (Å²) in [5.74, 6) is -0.281. The van der Waals surface area contributed by atoms with Crippen LogP contribution in [0.4, 0.5) is 5.69 Å². The lowest BCUT2D eigenvalue weighted by Crippen LogP contribution is -2.05. The van der Waals surface area contributed by atoms with E-state index in [2.05, 4.69) is 16.8 Å². The number of anilines is 1. The minimum Gasteiger partial charge on any atom is -0.462 e. The van der Waals surface area contributed by atoms with Gasteiger partial charge >= 0.3 is 5.97 Å². The van der Waals surface area contributed by atoms with E-state index in [0.717, 1.165) is 12.2 Å². The first-order valence-corrected chi connectivity index (χ1v) is 6.76. The van der Waals surface area contributed by atoms with Crippen LogP contribution in [-0.4, -0.2) is 12.6 Å². The smallest absolute Gasteiger partial charge is 0.338 e. The van der Waals surface area contributed by atoms with E-state index in [1.165, 1.54) is 5.56 Å². The van der Waals surface area contributed by atoms with Crippen molar-refractivity contribution in [3.63, 3.8) is 0 Å². The number of benzene rings is 1. The number of hydrogen-bond acceptors (Lipinski definition) is 4. The van der Waals surface area contributed by atoms with Crippen LogP contribution in [-0.2, 0) is 11.3 Å². The molecule has 0 bridgehead atoms. The van der Waals surface area contributed by atoms with Crippen LogP contribution in [0.2, 0.25) is 0 Å². The van der Waals surface area contributed by atoms with Crippen LogP contribution in [0, 0.1) is 0 Å². The highest BCUT2D eigenvalue weighted by Gasteiger charge is 2.06. The van der Waals surface area contributed by atoms with Crippen LogP contribution < -0.4 is 5.32 Å². The number of esters is 1. The van der Waals surface area contributed by atoms with Gasteiger partial charge in [-0.05, 0) is 47.5 Å². The molecule has 0 unspecified atom stereocenters. The Morgan fingerprint density at radius 2 is 2.28 bits per heavy atom. The summed E-state index contributed by atoms with van der Waals surface area (Å²) in [6.07, 6.45) is 0. The summed E-state index contributed by atoms with van der Waals surface area (Å²) in [4.78, 5) is 11.6. The van der Waals surface area contributed by atoms with E-state index in [-0.39, 0.29) is 5.97 Å². The van der Waals surface area contributed by atoms with Gasteiger partial charge in [0.15, 0.2) is 0 Å². The first kappa shape index (κ1) is 12.6. The minimum atomic E-state index is -0.281. The Kier molecular flexibility index (Phi) is 4.36. The number of carbonyl (C=O) groups is 1. The van der Waals surface area contributed by atoms with Crippen molar-refractivity contribution in [3.05, 3.63) is 52.2 Å². The topological polar surface area (TPSA) is 38.3 Å². The third-order valence-electron chi connectivity index (χ3n) is 2.45. The Hall–Kier alpha value is -1.81.